The molecule has 0 aliphatic heterocycles. The Labute approximate surface area is 776 Å². The molecule has 2 spiro atoms. The Morgan fingerprint density at radius 3 is 0.813 bits per heavy atom. The minimum atomic E-state index is -0.481. The van der Waals surface area contributed by atoms with E-state index in [1.54, 1.807) is 0 Å². The molecule has 4 aliphatic carbocycles. The number of anilines is 6. The highest BCUT2D eigenvalue weighted by Crippen LogP contribution is 2.68. The van der Waals surface area contributed by atoms with Crippen LogP contribution in [-0.2, 0) is 10.8 Å². The molecule has 4 heteroatoms. The lowest BCUT2D eigenvalue weighted by Gasteiger charge is -2.32. The molecule has 0 bridgehead atoms. The van der Waals surface area contributed by atoms with Crippen molar-refractivity contribution in [2.45, 2.75) is 10.8 Å². The zero-order valence-electron chi connectivity index (χ0n) is 73.1. The standard InChI is InChI=1S/2C65H41NO/c1-3-18-42(19-4-1)44-36-38-45(39-37-44)53-41-54-63-60(34-17-35-61(63)67-64(54)51-27-8-7-24-48(51)53)66(47-23-15-22-46(40-47)43-20-5-2-6-21-43)59-33-16-32-58-62(59)52-28-11-14-31-57(52)65(58)55-29-12-9-25-49(55)50-26-10-13-30-56(50)65;1-3-17-42(18-4-1)44-33-35-46(36-34-44)53-41-54-63-60(31-16-32-61(63)67-64(54)51-24-8-7-21-48(51)53)66(47-39-37-45(38-40-47)43-19-5-2-6-20-43)59-30-15-29-58-62(59)52-25-11-14-28-57(52)65(58)55-26-12-9-22-49(55)50-23-10-13-27-56(50)65/h2*1-41H. The molecule has 24 aromatic rings. The third-order valence-electron chi connectivity index (χ3n) is 29.0. The van der Waals surface area contributed by atoms with E-state index in [9.17, 15) is 0 Å². The van der Waals surface area contributed by atoms with Crippen molar-refractivity contribution in [2.75, 3.05) is 9.80 Å². The minimum absolute atomic E-state index is 0.476. The van der Waals surface area contributed by atoms with Crippen molar-refractivity contribution in [2.24, 2.45) is 0 Å². The third-order valence-corrected chi connectivity index (χ3v) is 29.0. The summed E-state index contributed by atoms with van der Waals surface area (Å²) in [7, 11) is 0. The van der Waals surface area contributed by atoms with Gasteiger partial charge in [0, 0.05) is 44.0 Å². The second kappa shape index (κ2) is 30.6. The molecule has 0 N–H and O–H groups in total. The molecule has 134 heavy (non-hydrogen) atoms. The molecule has 0 fully saturated rings. The monoisotopic (exact) mass is 1700 g/mol. The Kier molecular flexibility index (Phi) is 17.5. The van der Waals surface area contributed by atoms with Crippen LogP contribution < -0.4 is 9.80 Å². The summed E-state index contributed by atoms with van der Waals surface area (Å²) in [6, 6.07) is 182. The summed E-state index contributed by atoms with van der Waals surface area (Å²) in [4.78, 5) is 5.01. The number of benzene rings is 22. The molecule has 624 valence electrons. The van der Waals surface area contributed by atoms with Gasteiger partial charge < -0.3 is 18.6 Å². The van der Waals surface area contributed by atoms with Gasteiger partial charge in [-0.15, -0.1) is 0 Å². The second-order valence-electron chi connectivity index (χ2n) is 35.8. The molecule has 0 atom stereocenters. The fraction of sp³-hybridized carbons (Fsp3) is 0.0154. The number of furan rings is 2. The molecule has 0 saturated heterocycles. The Bertz CT molecular complexity index is 8760. The van der Waals surface area contributed by atoms with E-state index in [4.69, 9.17) is 8.83 Å². The molecule has 2 aromatic heterocycles. The first-order valence-corrected chi connectivity index (χ1v) is 46.3. The molecule has 0 saturated carbocycles. The molecule has 28 rings (SSSR count). The summed E-state index contributed by atoms with van der Waals surface area (Å²) in [6.07, 6.45) is 0. The van der Waals surface area contributed by atoms with Gasteiger partial charge in [-0.05, 0) is 228 Å². The van der Waals surface area contributed by atoms with Gasteiger partial charge in [0.15, 0.2) is 0 Å². The highest BCUT2D eigenvalue weighted by Gasteiger charge is 2.54. The summed E-state index contributed by atoms with van der Waals surface area (Å²) in [5.41, 5.74) is 43.9. The number of hydrogen-bond acceptors (Lipinski definition) is 4. The zero-order chi connectivity index (χ0) is 88.1. The van der Waals surface area contributed by atoms with Crippen LogP contribution in [0.3, 0.4) is 0 Å². The number of hydrogen-bond donors (Lipinski definition) is 0. The minimum Gasteiger partial charge on any atom is -0.455 e. The first kappa shape index (κ1) is 76.6. The van der Waals surface area contributed by atoms with Crippen LogP contribution in [0.4, 0.5) is 34.1 Å². The zero-order valence-corrected chi connectivity index (χ0v) is 73.1. The largest absolute Gasteiger partial charge is 0.455 e. The van der Waals surface area contributed by atoms with Gasteiger partial charge in [-0.2, -0.15) is 0 Å². The fourth-order valence-corrected chi connectivity index (χ4v) is 23.4. The van der Waals surface area contributed by atoms with Gasteiger partial charge in [0.2, 0.25) is 0 Å². The van der Waals surface area contributed by atoms with Gasteiger partial charge in [-0.25, -0.2) is 0 Å². The van der Waals surface area contributed by atoms with Crippen molar-refractivity contribution in [1.29, 1.82) is 0 Å². The molecule has 0 radical (unpaired) electrons. The van der Waals surface area contributed by atoms with Crippen LogP contribution in [0.2, 0.25) is 0 Å². The number of fused-ring (bicyclic) bond motifs is 30. The lowest BCUT2D eigenvalue weighted by atomic mass is 9.70. The first-order chi connectivity index (χ1) is 66.5. The maximum atomic E-state index is 7.07. The van der Waals surface area contributed by atoms with Crippen molar-refractivity contribution in [3.8, 4) is 111 Å². The van der Waals surface area contributed by atoms with E-state index in [1.165, 1.54) is 139 Å². The highest BCUT2D eigenvalue weighted by atomic mass is 16.3. The van der Waals surface area contributed by atoms with Crippen molar-refractivity contribution < 1.29 is 8.83 Å². The van der Waals surface area contributed by atoms with Crippen molar-refractivity contribution in [1.82, 2.24) is 0 Å². The van der Waals surface area contributed by atoms with E-state index < -0.39 is 10.8 Å². The molecular weight excluding hydrogens is 1620 g/mol. The van der Waals surface area contributed by atoms with Gasteiger partial charge in [-0.1, -0.05) is 425 Å². The maximum absolute atomic E-state index is 7.07. The van der Waals surface area contributed by atoms with Crippen LogP contribution >= 0.6 is 0 Å². The average molecular weight is 1700 g/mol. The van der Waals surface area contributed by atoms with Crippen molar-refractivity contribution in [3.63, 3.8) is 0 Å². The lowest BCUT2D eigenvalue weighted by molar-refractivity contribution is 0.672. The Morgan fingerprint density at radius 1 is 0.157 bits per heavy atom. The van der Waals surface area contributed by atoms with Crippen LogP contribution in [-0.4, -0.2) is 0 Å². The van der Waals surface area contributed by atoms with Gasteiger partial charge in [0.25, 0.3) is 0 Å². The molecule has 4 nitrogen and oxygen atoms in total. The van der Waals surface area contributed by atoms with E-state index in [0.29, 0.717) is 0 Å². The molecular formula is C130H82N2O2. The van der Waals surface area contributed by atoms with Gasteiger partial charge in [-0.3, -0.25) is 0 Å². The Hall–Kier alpha value is -17.4. The Morgan fingerprint density at radius 2 is 0.425 bits per heavy atom. The summed E-state index contributed by atoms with van der Waals surface area (Å²) in [6.45, 7) is 0. The molecule has 0 amide bonds. The van der Waals surface area contributed by atoms with E-state index >= 15 is 0 Å². The van der Waals surface area contributed by atoms with Crippen LogP contribution in [0.5, 0.6) is 0 Å². The van der Waals surface area contributed by atoms with Crippen LogP contribution in [0.15, 0.2) is 506 Å². The number of rotatable bonds is 12. The SMILES string of the molecule is c1ccc(-c2ccc(-c3cc4c(oc5cccc(N(c6ccc(-c7ccccc7)cc6)c6cccc7c6-c6ccccc6C76c7ccccc7-c7ccccc76)c54)c4ccccc34)cc2)cc1.c1ccc(-c2ccc(-c3cc4c(oc5cccc(N(c6cccc(-c7ccccc7)c6)c6cccc7c6-c6ccccc6C76c7ccccc7-c7ccccc76)c54)c4ccccc34)cc2)cc1. The summed E-state index contributed by atoms with van der Waals surface area (Å²) >= 11 is 0. The number of nitrogens with zero attached hydrogens (tertiary/aromatic N) is 2. The predicted octanol–water partition coefficient (Wildman–Crippen LogP) is 35.1. The molecule has 0 unspecified atom stereocenters. The molecule has 4 aliphatic rings. The average Bonchev–Trinajstić information content (AvgIpc) is 1.51. The summed E-state index contributed by atoms with van der Waals surface area (Å²) in [5, 5.41) is 8.83. The normalized spacial score (nSPS) is 12.9. The highest BCUT2D eigenvalue weighted by molar-refractivity contribution is 6.25. The second-order valence-corrected chi connectivity index (χ2v) is 35.8. The smallest absolute Gasteiger partial charge is 0.143 e. The summed E-state index contributed by atoms with van der Waals surface area (Å²) < 4.78 is 14.1. The Balaban J connectivity index is 0.000000136. The van der Waals surface area contributed by atoms with Gasteiger partial charge in [0.05, 0.1) is 44.4 Å². The fourth-order valence-electron chi connectivity index (χ4n) is 23.4. The van der Waals surface area contributed by atoms with E-state index in [1.807, 2.05) is 0 Å². The molecule has 22 aromatic carbocycles. The molecule has 2 heterocycles. The van der Waals surface area contributed by atoms with E-state index in [-0.39, 0.29) is 0 Å². The van der Waals surface area contributed by atoms with Gasteiger partial charge >= 0.3 is 0 Å². The quantitative estimate of drug-likeness (QED) is 0.122. The van der Waals surface area contributed by atoms with Gasteiger partial charge in [0.1, 0.15) is 22.3 Å². The maximum Gasteiger partial charge on any atom is 0.143 e. The van der Waals surface area contributed by atoms with Crippen molar-refractivity contribution in [3.05, 3.63) is 542 Å². The lowest BCUT2D eigenvalue weighted by Crippen LogP contribution is -2.26. The van der Waals surface area contributed by atoms with Crippen LogP contribution in [0.25, 0.3) is 177 Å². The third kappa shape index (κ3) is 11.5. The predicted molar refractivity (Wildman–Crippen MR) is 557 cm³/mol. The topological polar surface area (TPSA) is 32.8 Å². The van der Waals surface area contributed by atoms with Crippen molar-refractivity contribution >= 4 is 99.5 Å². The summed E-state index contributed by atoms with van der Waals surface area (Å²) in [5.74, 6) is 0. The van der Waals surface area contributed by atoms with Crippen LogP contribution in [0.1, 0.15) is 44.5 Å². The van der Waals surface area contributed by atoms with Crippen LogP contribution in [0, 0.1) is 0 Å². The first-order valence-electron chi connectivity index (χ1n) is 46.3. The van der Waals surface area contributed by atoms with E-state index in [2.05, 4.69) is 507 Å². The van der Waals surface area contributed by atoms with E-state index in [0.717, 1.165) is 116 Å².